The highest BCUT2D eigenvalue weighted by atomic mass is 16.5. The second-order valence-electron chi connectivity index (χ2n) is 5.21. The highest BCUT2D eigenvalue weighted by molar-refractivity contribution is 5.95. The molecule has 0 atom stereocenters. The Kier molecular flexibility index (Phi) is 6.14. The number of carboxylic acid groups (broad SMARTS) is 1. The van der Waals surface area contributed by atoms with Crippen molar-refractivity contribution in [1.29, 1.82) is 0 Å². The van der Waals surface area contributed by atoms with Crippen molar-refractivity contribution in [3.63, 3.8) is 0 Å². The number of carboxylic acids is 1. The van der Waals surface area contributed by atoms with Crippen LogP contribution in [0.2, 0.25) is 0 Å². The van der Waals surface area contributed by atoms with E-state index in [1.165, 1.54) is 12.1 Å². The summed E-state index contributed by atoms with van der Waals surface area (Å²) in [6.07, 6.45) is 2.91. The molecule has 0 saturated carbocycles. The predicted molar refractivity (Wildman–Crippen MR) is 88.2 cm³/mol. The zero-order valence-electron chi connectivity index (χ0n) is 13.6. The zero-order valence-corrected chi connectivity index (χ0v) is 13.6. The van der Waals surface area contributed by atoms with E-state index < -0.39 is 11.9 Å². The number of aryl methyl sites for hydroxylation is 1. The summed E-state index contributed by atoms with van der Waals surface area (Å²) in [5.74, 6) is 0.145. The highest BCUT2D eigenvalue weighted by Gasteiger charge is 2.24. The summed E-state index contributed by atoms with van der Waals surface area (Å²) < 4.78 is 9.81. The van der Waals surface area contributed by atoms with E-state index >= 15 is 0 Å². The van der Waals surface area contributed by atoms with Crippen LogP contribution in [-0.4, -0.2) is 30.1 Å². The topological polar surface area (TPSA) is 102 Å². The standard InChI is InChI=1S/C18H17NO6/c1-24-16-5-3-2-4-12(16)6-7-15-14(17(21)22)10-13(11-19-15)18(23)25-9-8-20/h2-5,9,11,19H,6-7,10H2,1H3,(H,21,22). The van der Waals surface area contributed by atoms with Gasteiger partial charge in [-0.15, -0.1) is 0 Å². The molecule has 0 fully saturated rings. The maximum absolute atomic E-state index is 11.7. The van der Waals surface area contributed by atoms with Crippen LogP contribution in [0.25, 0.3) is 0 Å². The predicted octanol–water partition coefficient (Wildman–Crippen LogP) is 1.73. The molecule has 0 amide bonds. The van der Waals surface area contributed by atoms with Gasteiger partial charge < -0.3 is 19.9 Å². The minimum absolute atomic E-state index is 0.0828. The number of methoxy groups -OCH3 is 1. The van der Waals surface area contributed by atoms with E-state index in [-0.39, 0.29) is 17.6 Å². The lowest BCUT2D eigenvalue weighted by Crippen LogP contribution is -2.23. The Bertz CT molecular complexity index is 787. The van der Waals surface area contributed by atoms with Crippen molar-refractivity contribution in [2.24, 2.45) is 0 Å². The van der Waals surface area contributed by atoms with Gasteiger partial charge in [0.2, 0.25) is 0 Å². The van der Waals surface area contributed by atoms with Crippen LogP contribution in [0.3, 0.4) is 0 Å². The van der Waals surface area contributed by atoms with Gasteiger partial charge in [0.15, 0.2) is 12.2 Å². The Morgan fingerprint density at radius 1 is 1.32 bits per heavy atom. The molecule has 1 aromatic carbocycles. The molecule has 7 heteroatoms. The molecule has 7 nitrogen and oxygen atoms in total. The number of carbonyl (C=O) groups excluding carboxylic acids is 2. The number of benzene rings is 1. The lowest BCUT2D eigenvalue weighted by atomic mass is 9.97. The Morgan fingerprint density at radius 2 is 2.08 bits per heavy atom. The van der Waals surface area contributed by atoms with Gasteiger partial charge in [-0.05, 0) is 24.5 Å². The number of allylic oxidation sites excluding steroid dienone is 1. The van der Waals surface area contributed by atoms with E-state index in [1.807, 2.05) is 24.3 Å². The molecule has 1 aromatic rings. The third kappa shape index (κ3) is 4.59. The quantitative estimate of drug-likeness (QED) is 0.441. The van der Waals surface area contributed by atoms with Crippen molar-refractivity contribution in [3.8, 4) is 5.75 Å². The first-order valence-electron chi connectivity index (χ1n) is 7.50. The van der Waals surface area contributed by atoms with Crippen molar-refractivity contribution in [2.45, 2.75) is 19.3 Å². The van der Waals surface area contributed by atoms with E-state index in [1.54, 1.807) is 7.11 Å². The molecule has 0 unspecified atom stereocenters. The number of nitrogens with one attached hydrogen (secondary N) is 1. The molecule has 1 heterocycles. The molecule has 1 aliphatic heterocycles. The molecular weight excluding hydrogens is 326 g/mol. The van der Waals surface area contributed by atoms with Gasteiger partial charge in [-0.25, -0.2) is 14.4 Å². The van der Waals surface area contributed by atoms with E-state index in [4.69, 9.17) is 4.74 Å². The first kappa shape index (κ1) is 18.0. The van der Waals surface area contributed by atoms with Gasteiger partial charge in [0.1, 0.15) is 5.75 Å². The largest absolute Gasteiger partial charge is 0.496 e. The van der Waals surface area contributed by atoms with Crippen LogP contribution in [0.1, 0.15) is 18.4 Å². The van der Waals surface area contributed by atoms with Gasteiger partial charge in [0.25, 0.3) is 0 Å². The summed E-state index contributed by atoms with van der Waals surface area (Å²) in [6, 6.07) is 7.49. The Balaban J connectivity index is 2.12. The number of hydrogen-bond acceptors (Lipinski definition) is 6. The minimum Gasteiger partial charge on any atom is -0.496 e. The average molecular weight is 343 g/mol. The molecule has 2 rings (SSSR count). The first-order chi connectivity index (χ1) is 12.1. The van der Waals surface area contributed by atoms with Gasteiger partial charge in [-0.2, -0.15) is 0 Å². The minimum atomic E-state index is -1.12. The van der Waals surface area contributed by atoms with Gasteiger partial charge in [0.05, 0.1) is 18.3 Å². The summed E-state index contributed by atoms with van der Waals surface area (Å²) in [7, 11) is 1.58. The normalized spacial score (nSPS) is 13.2. The van der Waals surface area contributed by atoms with Gasteiger partial charge in [0, 0.05) is 18.3 Å². The molecular formula is C18H17NO6. The monoisotopic (exact) mass is 343 g/mol. The number of esters is 1. The smallest absolute Gasteiger partial charge is 0.341 e. The van der Waals surface area contributed by atoms with E-state index in [2.05, 4.69) is 10.1 Å². The summed E-state index contributed by atoms with van der Waals surface area (Å²) in [5, 5.41) is 12.3. The molecule has 0 bridgehead atoms. The van der Waals surface area contributed by atoms with Crippen molar-refractivity contribution < 1.29 is 29.0 Å². The number of ether oxygens (including phenoxy) is 2. The van der Waals surface area contributed by atoms with Crippen LogP contribution in [0, 0.1) is 0 Å². The van der Waals surface area contributed by atoms with Crippen LogP contribution in [0.15, 0.2) is 53.6 Å². The molecule has 0 spiro atoms. The van der Waals surface area contributed by atoms with Crippen LogP contribution in [0.5, 0.6) is 5.75 Å². The lowest BCUT2D eigenvalue weighted by molar-refractivity contribution is -0.133. The van der Waals surface area contributed by atoms with E-state index in [0.717, 1.165) is 11.3 Å². The Labute approximate surface area is 144 Å². The maximum atomic E-state index is 11.7. The van der Waals surface area contributed by atoms with Crippen LogP contribution in [-0.2, 0) is 25.5 Å². The molecule has 130 valence electrons. The highest BCUT2D eigenvalue weighted by Crippen LogP contribution is 2.25. The van der Waals surface area contributed by atoms with Crippen molar-refractivity contribution in [3.05, 3.63) is 59.1 Å². The summed E-state index contributed by atoms with van der Waals surface area (Å²) >= 11 is 0. The maximum Gasteiger partial charge on any atom is 0.341 e. The molecule has 0 aliphatic carbocycles. The molecule has 0 saturated heterocycles. The van der Waals surface area contributed by atoms with E-state index in [9.17, 15) is 19.5 Å². The Morgan fingerprint density at radius 3 is 2.76 bits per heavy atom. The molecule has 0 radical (unpaired) electrons. The molecule has 2 N–H and O–H groups in total. The second kappa shape index (κ2) is 8.52. The number of carbonyl (C=O) groups is 2. The number of para-hydroxylation sites is 1. The number of rotatable bonds is 7. The van der Waals surface area contributed by atoms with Crippen molar-refractivity contribution in [1.82, 2.24) is 5.32 Å². The summed E-state index contributed by atoms with van der Waals surface area (Å²) in [6.45, 7) is 0. The summed E-state index contributed by atoms with van der Waals surface area (Å²) in [4.78, 5) is 33.3. The van der Waals surface area contributed by atoms with E-state index in [0.29, 0.717) is 24.8 Å². The average Bonchev–Trinajstić information content (AvgIpc) is 2.64. The second-order valence-corrected chi connectivity index (χ2v) is 5.21. The van der Waals surface area contributed by atoms with Gasteiger partial charge in [-0.1, -0.05) is 18.2 Å². The molecule has 0 aromatic heterocycles. The SMILES string of the molecule is COc1ccccc1CCC1=C(C(=O)O)CC(C(=O)OC=C=O)=CN1. The van der Waals surface area contributed by atoms with Gasteiger partial charge in [-0.3, -0.25) is 0 Å². The number of hydrogen-bond donors (Lipinski definition) is 2. The molecule has 1 aliphatic rings. The fourth-order valence-corrected chi connectivity index (χ4v) is 2.49. The van der Waals surface area contributed by atoms with Crippen molar-refractivity contribution >= 4 is 17.9 Å². The lowest BCUT2D eigenvalue weighted by Gasteiger charge is -2.19. The van der Waals surface area contributed by atoms with Crippen LogP contribution < -0.4 is 10.1 Å². The van der Waals surface area contributed by atoms with Gasteiger partial charge >= 0.3 is 11.9 Å². The third-order valence-corrected chi connectivity index (χ3v) is 3.72. The molecule has 25 heavy (non-hydrogen) atoms. The fourth-order valence-electron chi connectivity index (χ4n) is 2.49. The fraction of sp³-hybridized carbons (Fsp3) is 0.222. The first-order valence-corrected chi connectivity index (χ1v) is 7.50. The Hall–Kier alpha value is -3.31. The summed E-state index contributed by atoms with van der Waals surface area (Å²) in [5.41, 5.74) is 1.67. The van der Waals surface area contributed by atoms with Crippen LogP contribution in [0.4, 0.5) is 0 Å². The number of dihydropyridines is 1. The third-order valence-electron chi connectivity index (χ3n) is 3.72. The zero-order chi connectivity index (χ0) is 18.2. The van der Waals surface area contributed by atoms with Crippen LogP contribution >= 0.6 is 0 Å². The number of aliphatic carboxylic acids is 1. The van der Waals surface area contributed by atoms with Crippen molar-refractivity contribution in [2.75, 3.05) is 7.11 Å².